The van der Waals surface area contributed by atoms with E-state index in [2.05, 4.69) is 0 Å². The van der Waals surface area contributed by atoms with E-state index in [0.717, 1.165) is 25.7 Å². The Morgan fingerprint density at radius 1 is 0.773 bits per heavy atom. The largest absolute Gasteiger partial charge is 0.365 e. The Hall–Kier alpha value is -0.120. The third-order valence-corrected chi connectivity index (χ3v) is 8.78. The first-order valence-corrected chi connectivity index (χ1v) is 9.77. The standard InChI is InChI=1S/C19H28O3/c20-19-14-7-10-16(19)12-15-6-2-4-9-18(15,22-19)21-17(16)8-3-1-5-13(17)11-14/h13-15,20H,1-12H2/t13-,14+,15-,16+,17+,18+,19-/m1/s1. The molecule has 7 rings (SSSR count). The maximum absolute atomic E-state index is 11.7. The first kappa shape index (κ1) is 13.2. The molecular formula is C19H28O3. The van der Waals surface area contributed by atoms with E-state index in [1.807, 2.05) is 0 Å². The van der Waals surface area contributed by atoms with Gasteiger partial charge in [-0.1, -0.05) is 19.3 Å². The molecule has 3 nitrogen and oxygen atoms in total. The Labute approximate surface area is 132 Å². The van der Waals surface area contributed by atoms with Crippen LogP contribution in [0.3, 0.4) is 0 Å². The molecule has 0 amide bonds. The molecule has 0 radical (unpaired) electrons. The van der Waals surface area contributed by atoms with Crippen molar-refractivity contribution in [2.75, 3.05) is 0 Å². The van der Waals surface area contributed by atoms with Crippen molar-refractivity contribution in [1.82, 2.24) is 0 Å². The first-order valence-electron chi connectivity index (χ1n) is 9.77. The van der Waals surface area contributed by atoms with Crippen molar-refractivity contribution in [2.24, 2.45) is 23.2 Å². The molecular weight excluding hydrogens is 276 g/mol. The van der Waals surface area contributed by atoms with Crippen LogP contribution in [0.4, 0.5) is 0 Å². The monoisotopic (exact) mass is 304 g/mol. The van der Waals surface area contributed by atoms with Crippen LogP contribution in [0.25, 0.3) is 0 Å². The minimum absolute atomic E-state index is 0.0565. The molecule has 3 spiro atoms. The average molecular weight is 304 g/mol. The van der Waals surface area contributed by atoms with Crippen molar-refractivity contribution in [1.29, 1.82) is 0 Å². The third-order valence-electron chi connectivity index (χ3n) is 8.78. The molecule has 3 aliphatic heterocycles. The molecule has 122 valence electrons. The van der Waals surface area contributed by atoms with Crippen molar-refractivity contribution in [3.63, 3.8) is 0 Å². The van der Waals surface area contributed by atoms with Crippen molar-refractivity contribution < 1.29 is 14.6 Å². The highest BCUT2D eigenvalue weighted by Gasteiger charge is 2.84. The molecule has 1 N–H and O–H groups in total. The Balaban J connectivity index is 1.58. The number of rotatable bonds is 0. The molecule has 7 atom stereocenters. The predicted molar refractivity (Wildman–Crippen MR) is 80.9 cm³/mol. The minimum atomic E-state index is -0.868. The zero-order valence-electron chi connectivity index (χ0n) is 13.5. The summed E-state index contributed by atoms with van der Waals surface area (Å²) in [6, 6.07) is 0. The molecule has 7 aliphatic rings. The summed E-state index contributed by atoms with van der Waals surface area (Å²) in [6.07, 6.45) is 14.5. The van der Waals surface area contributed by atoms with Gasteiger partial charge in [0.05, 0.1) is 11.0 Å². The zero-order chi connectivity index (χ0) is 14.6. The molecule has 4 aliphatic carbocycles. The quantitative estimate of drug-likeness (QED) is 0.741. The third kappa shape index (κ3) is 1.14. The molecule has 0 aromatic heterocycles. The van der Waals surface area contributed by atoms with E-state index in [1.165, 1.54) is 51.4 Å². The van der Waals surface area contributed by atoms with Gasteiger partial charge in [-0.15, -0.1) is 0 Å². The molecule has 5 bridgehead atoms. The van der Waals surface area contributed by atoms with E-state index >= 15 is 0 Å². The highest BCUT2D eigenvalue weighted by Crippen LogP contribution is 2.78. The van der Waals surface area contributed by atoms with Crippen molar-refractivity contribution in [3.8, 4) is 0 Å². The van der Waals surface area contributed by atoms with Crippen LogP contribution < -0.4 is 0 Å². The van der Waals surface area contributed by atoms with Gasteiger partial charge in [-0.05, 0) is 57.3 Å². The fourth-order valence-corrected chi connectivity index (χ4v) is 8.04. The Morgan fingerprint density at radius 3 is 2.50 bits per heavy atom. The normalized spacial score (nSPS) is 65.0. The van der Waals surface area contributed by atoms with Gasteiger partial charge in [0.2, 0.25) is 0 Å². The van der Waals surface area contributed by atoms with Crippen molar-refractivity contribution >= 4 is 0 Å². The van der Waals surface area contributed by atoms with Gasteiger partial charge in [0.25, 0.3) is 0 Å². The summed E-state index contributed by atoms with van der Waals surface area (Å²) in [5, 5.41) is 11.7. The van der Waals surface area contributed by atoms with Crippen LogP contribution in [0.2, 0.25) is 0 Å². The van der Waals surface area contributed by atoms with Gasteiger partial charge in [0.15, 0.2) is 11.6 Å². The van der Waals surface area contributed by atoms with Crippen LogP contribution in [0, 0.1) is 23.2 Å². The molecule has 3 saturated heterocycles. The summed E-state index contributed by atoms with van der Waals surface area (Å²) in [4.78, 5) is 0. The maximum atomic E-state index is 11.7. The van der Waals surface area contributed by atoms with Crippen LogP contribution in [0.15, 0.2) is 0 Å². The van der Waals surface area contributed by atoms with Gasteiger partial charge >= 0.3 is 0 Å². The summed E-state index contributed by atoms with van der Waals surface area (Å²) >= 11 is 0. The van der Waals surface area contributed by atoms with Crippen molar-refractivity contribution in [3.05, 3.63) is 0 Å². The van der Waals surface area contributed by atoms with Crippen LogP contribution in [-0.2, 0) is 9.47 Å². The fraction of sp³-hybridized carbons (Fsp3) is 1.00. The second kappa shape index (κ2) is 3.75. The van der Waals surface area contributed by atoms with E-state index in [-0.39, 0.29) is 11.0 Å². The average Bonchev–Trinajstić information content (AvgIpc) is 2.70. The Kier molecular flexibility index (Phi) is 2.25. The molecule has 4 saturated carbocycles. The van der Waals surface area contributed by atoms with Crippen LogP contribution in [0.5, 0.6) is 0 Å². The lowest BCUT2D eigenvalue weighted by Gasteiger charge is -2.75. The topological polar surface area (TPSA) is 38.7 Å². The lowest BCUT2D eigenvalue weighted by atomic mass is 9.46. The Bertz CT molecular complexity index is 535. The summed E-state index contributed by atoms with van der Waals surface area (Å²) < 4.78 is 13.6. The number of aliphatic hydroxyl groups is 1. The van der Waals surface area contributed by atoms with E-state index in [0.29, 0.717) is 17.8 Å². The highest BCUT2D eigenvalue weighted by atomic mass is 16.8. The SMILES string of the molecule is O[C@]12O[C@@]34CCCC[C@@H]3C[C@]13CC[C@H]2C[C@H]1CCCC[C@]13O4. The molecule has 7 fully saturated rings. The predicted octanol–water partition coefficient (Wildman–Crippen LogP) is 3.74. The van der Waals surface area contributed by atoms with Crippen LogP contribution in [-0.4, -0.2) is 22.3 Å². The van der Waals surface area contributed by atoms with Gasteiger partial charge in [0, 0.05) is 18.3 Å². The van der Waals surface area contributed by atoms with Crippen LogP contribution in [0.1, 0.15) is 77.0 Å². The fourth-order valence-electron chi connectivity index (χ4n) is 8.04. The smallest absolute Gasteiger partial charge is 0.180 e. The first-order chi connectivity index (χ1) is 10.6. The Morgan fingerprint density at radius 2 is 1.59 bits per heavy atom. The summed E-state index contributed by atoms with van der Waals surface area (Å²) in [7, 11) is 0. The number of ether oxygens (including phenoxy) is 2. The van der Waals surface area contributed by atoms with E-state index in [1.54, 1.807) is 0 Å². The summed E-state index contributed by atoms with van der Waals surface area (Å²) in [6.45, 7) is 0. The van der Waals surface area contributed by atoms with E-state index in [9.17, 15) is 5.11 Å². The number of hydrogen-bond donors (Lipinski definition) is 1. The molecule has 0 aromatic rings. The highest BCUT2D eigenvalue weighted by molar-refractivity contribution is 5.27. The van der Waals surface area contributed by atoms with Crippen LogP contribution >= 0.6 is 0 Å². The van der Waals surface area contributed by atoms with E-state index < -0.39 is 11.6 Å². The summed E-state index contributed by atoms with van der Waals surface area (Å²) in [5.74, 6) is 0.275. The maximum Gasteiger partial charge on any atom is 0.180 e. The minimum Gasteiger partial charge on any atom is -0.365 e. The summed E-state index contributed by atoms with van der Waals surface area (Å²) in [5.41, 5.74) is -0.142. The molecule has 0 aromatic carbocycles. The van der Waals surface area contributed by atoms with Crippen molar-refractivity contribution in [2.45, 2.75) is 94.2 Å². The second-order valence-electron chi connectivity index (χ2n) is 9.24. The zero-order valence-corrected chi connectivity index (χ0v) is 13.5. The van der Waals surface area contributed by atoms with Gasteiger partial charge in [-0.25, -0.2) is 0 Å². The lowest BCUT2D eigenvalue weighted by molar-refractivity contribution is -0.548. The van der Waals surface area contributed by atoms with Gasteiger partial charge in [0.1, 0.15) is 0 Å². The molecule has 22 heavy (non-hydrogen) atoms. The lowest BCUT2D eigenvalue weighted by Crippen LogP contribution is -2.82. The van der Waals surface area contributed by atoms with Gasteiger partial charge < -0.3 is 14.6 Å². The second-order valence-corrected chi connectivity index (χ2v) is 9.24. The molecule has 0 unspecified atom stereocenters. The molecule has 3 heterocycles. The number of hydrogen-bond acceptors (Lipinski definition) is 3. The van der Waals surface area contributed by atoms with E-state index in [4.69, 9.17) is 9.47 Å². The van der Waals surface area contributed by atoms with Gasteiger partial charge in [-0.2, -0.15) is 0 Å². The molecule has 3 heteroatoms. The van der Waals surface area contributed by atoms with Gasteiger partial charge in [-0.3, -0.25) is 0 Å².